The molecular weight excluding hydrogens is 179 g/mol. The molecule has 1 saturated carbocycles. The van der Waals surface area contributed by atoms with Crippen LogP contribution in [0.15, 0.2) is 12.2 Å². The summed E-state index contributed by atoms with van der Waals surface area (Å²) in [6.07, 6.45) is 5.97. The fourth-order valence-electron chi connectivity index (χ4n) is 2.57. The van der Waals surface area contributed by atoms with Crippen molar-refractivity contribution in [3.05, 3.63) is 12.2 Å². The molecule has 0 aromatic heterocycles. The molecule has 0 bridgehead atoms. The molecule has 0 aliphatic heterocycles. The van der Waals surface area contributed by atoms with E-state index >= 15 is 0 Å². The van der Waals surface area contributed by atoms with Gasteiger partial charge in [0.25, 0.3) is 0 Å². The molecule has 0 spiro atoms. The van der Waals surface area contributed by atoms with Gasteiger partial charge >= 0.3 is 0 Å². The summed E-state index contributed by atoms with van der Waals surface area (Å²) in [5.74, 6) is 0.717. The van der Waals surface area contributed by atoms with E-state index in [4.69, 9.17) is 7.85 Å². The van der Waals surface area contributed by atoms with E-state index in [1.165, 1.54) is 24.8 Å². The molecule has 0 N–H and O–H groups in total. The highest BCUT2D eigenvalue weighted by Crippen LogP contribution is 2.46. The Labute approximate surface area is 96.9 Å². The lowest BCUT2D eigenvalue weighted by molar-refractivity contribution is 0.367. The molecule has 1 aliphatic carbocycles. The van der Waals surface area contributed by atoms with Gasteiger partial charge in [-0.15, -0.1) is 0 Å². The van der Waals surface area contributed by atoms with Gasteiger partial charge in [-0.3, -0.25) is 0 Å². The molecule has 2 atom stereocenters. The summed E-state index contributed by atoms with van der Waals surface area (Å²) >= 11 is 0. The minimum Gasteiger partial charge on any atom is -0.0996 e. The Morgan fingerprint density at radius 3 is 2.53 bits per heavy atom. The van der Waals surface area contributed by atoms with Crippen LogP contribution in [0.5, 0.6) is 0 Å². The molecule has 0 saturated heterocycles. The quantitative estimate of drug-likeness (QED) is 0.466. The molecule has 2 unspecified atom stereocenters. The van der Waals surface area contributed by atoms with Crippen LogP contribution in [-0.4, -0.2) is 7.85 Å². The van der Waals surface area contributed by atoms with Crippen LogP contribution >= 0.6 is 0 Å². The van der Waals surface area contributed by atoms with Gasteiger partial charge in [-0.25, -0.2) is 0 Å². The monoisotopic (exact) mass is 204 g/mol. The molecule has 1 rings (SSSR count). The van der Waals surface area contributed by atoms with Gasteiger partial charge in [0, 0.05) is 0 Å². The maximum atomic E-state index is 6.19. The summed E-state index contributed by atoms with van der Waals surface area (Å²) < 4.78 is 0. The number of rotatable bonds is 4. The normalized spacial score (nSPS) is 28.7. The van der Waals surface area contributed by atoms with Crippen molar-refractivity contribution in [1.82, 2.24) is 0 Å². The maximum absolute atomic E-state index is 6.19. The summed E-state index contributed by atoms with van der Waals surface area (Å²) in [5, 5.41) is -0.0518. The molecule has 0 heterocycles. The van der Waals surface area contributed by atoms with Crippen LogP contribution in [0.1, 0.15) is 59.8 Å². The molecular formula is C14H25B. The highest BCUT2D eigenvalue weighted by molar-refractivity contribution is 6.15. The van der Waals surface area contributed by atoms with E-state index in [0.717, 1.165) is 18.8 Å². The van der Waals surface area contributed by atoms with Crippen molar-refractivity contribution in [2.24, 2.45) is 11.3 Å². The highest BCUT2D eigenvalue weighted by Gasteiger charge is 2.33. The van der Waals surface area contributed by atoms with Gasteiger partial charge in [-0.05, 0) is 37.0 Å². The summed E-state index contributed by atoms with van der Waals surface area (Å²) in [5.41, 5.74) is 1.90. The van der Waals surface area contributed by atoms with E-state index in [1.807, 2.05) is 0 Å². The molecule has 15 heavy (non-hydrogen) atoms. The van der Waals surface area contributed by atoms with Crippen LogP contribution in [-0.2, 0) is 0 Å². The molecule has 1 aliphatic rings. The van der Waals surface area contributed by atoms with Crippen LogP contribution in [0.3, 0.4) is 0 Å². The first-order valence-corrected chi connectivity index (χ1v) is 6.22. The zero-order chi connectivity index (χ0) is 11.7. The molecule has 2 radical (unpaired) electrons. The minimum absolute atomic E-state index is 0.0518. The van der Waals surface area contributed by atoms with Gasteiger partial charge in [0.05, 0.1) is 7.85 Å². The standard InChI is InChI=1S/C14H25B/c1-6-14(5,15)9-11(2)12-7-8-13(3,4)10-12/h12H,2,6-10H2,1,3-5H3. The Morgan fingerprint density at radius 1 is 1.53 bits per heavy atom. The Morgan fingerprint density at radius 2 is 2.13 bits per heavy atom. The lowest BCUT2D eigenvalue weighted by Crippen LogP contribution is -2.12. The fraction of sp³-hybridized carbons (Fsp3) is 0.857. The molecule has 0 amide bonds. The van der Waals surface area contributed by atoms with E-state index in [-0.39, 0.29) is 5.31 Å². The predicted octanol–water partition coefficient (Wildman–Crippen LogP) is 4.52. The lowest BCUT2D eigenvalue weighted by Gasteiger charge is -2.27. The van der Waals surface area contributed by atoms with Crippen LogP contribution in [0, 0.1) is 11.3 Å². The second-order valence-corrected chi connectivity index (χ2v) is 6.45. The molecule has 0 nitrogen and oxygen atoms in total. The first kappa shape index (κ1) is 12.9. The first-order chi connectivity index (χ1) is 6.76. The van der Waals surface area contributed by atoms with Crippen molar-refractivity contribution >= 4 is 7.85 Å². The average Bonchev–Trinajstić information content (AvgIpc) is 2.45. The van der Waals surface area contributed by atoms with E-state index in [9.17, 15) is 0 Å². The van der Waals surface area contributed by atoms with E-state index in [2.05, 4.69) is 34.3 Å². The van der Waals surface area contributed by atoms with Gasteiger partial charge in [-0.2, -0.15) is 0 Å². The molecule has 1 heteroatoms. The zero-order valence-corrected chi connectivity index (χ0v) is 10.9. The van der Waals surface area contributed by atoms with Crippen molar-refractivity contribution < 1.29 is 0 Å². The number of hydrogen-bond acceptors (Lipinski definition) is 0. The minimum atomic E-state index is -0.0518. The molecule has 1 fully saturated rings. The van der Waals surface area contributed by atoms with Crippen molar-refractivity contribution in [2.75, 3.05) is 0 Å². The maximum Gasteiger partial charge on any atom is 0.0746 e. The van der Waals surface area contributed by atoms with Crippen LogP contribution in [0.4, 0.5) is 0 Å². The molecule has 0 aromatic rings. The third-order valence-electron chi connectivity index (χ3n) is 3.98. The Kier molecular flexibility index (Phi) is 3.74. The van der Waals surface area contributed by atoms with Gasteiger partial charge in [0.2, 0.25) is 0 Å². The summed E-state index contributed by atoms with van der Waals surface area (Å²) in [7, 11) is 6.19. The fourth-order valence-corrected chi connectivity index (χ4v) is 2.57. The lowest BCUT2D eigenvalue weighted by atomic mass is 9.64. The van der Waals surface area contributed by atoms with Gasteiger partial charge in [-0.1, -0.05) is 51.6 Å². The van der Waals surface area contributed by atoms with Crippen molar-refractivity contribution in [2.45, 2.75) is 65.1 Å². The number of hydrogen-bond donors (Lipinski definition) is 0. The van der Waals surface area contributed by atoms with Crippen LogP contribution in [0.2, 0.25) is 5.31 Å². The first-order valence-electron chi connectivity index (χ1n) is 6.22. The number of allylic oxidation sites excluding steroid dienone is 1. The second kappa shape index (κ2) is 4.35. The van der Waals surface area contributed by atoms with Gasteiger partial charge < -0.3 is 0 Å². The molecule has 0 aromatic carbocycles. The predicted molar refractivity (Wildman–Crippen MR) is 69.3 cm³/mol. The summed E-state index contributed by atoms with van der Waals surface area (Å²) in [4.78, 5) is 0. The zero-order valence-electron chi connectivity index (χ0n) is 10.9. The summed E-state index contributed by atoms with van der Waals surface area (Å²) in [6, 6.07) is 0. The summed E-state index contributed by atoms with van der Waals surface area (Å²) in [6.45, 7) is 13.3. The van der Waals surface area contributed by atoms with Crippen molar-refractivity contribution in [3.8, 4) is 0 Å². The Bertz CT molecular complexity index is 238. The third-order valence-corrected chi connectivity index (χ3v) is 3.98. The van der Waals surface area contributed by atoms with Crippen molar-refractivity contribution in [3.63, 3.8) is 0 Å². The second-order valence-electron chi connectivity index (χ2n) is 6.45. The van der Waals surface area contributed by atoms with E-state index < -0.39 is 0 Å². The van der Waals surface area contributed by atoms with Gasteiger partial charge in [0.1, 0.15) is 0 Å². The Hall–Kier alpha value is -0.195. The largest absolute Gasteiger partial charge is 0.0996 e. The van der Waals surface area contributed by atoms with Crippen molar-refractivity contribution in [1.29, 1.82) is 0 Å². The van der Waals surface area contributed by atoms with E-state index in [0.29, 0.717) is 5.41 Å². The topological polar surface area (TPSA) is 0 Å². The average molecular weight is 204 g/mol. The molecule has 84 valence electrons. The SMILES string of the molecule is [B]C(C)(CC)CC(=C)C1CCC(C)(C)C1. The smallest absolute Gasteiger partial charge is 0.0746 e. The third kappa shape index (κ3) is 3.70. The van der Waals surface area contributed by atoms with E-state index in [1.54, 1.807) is 0 Å². The highest BCUT2D eigenvalue weighted by atomic mass is 14.4. The van der Waals surface area contributed by atoms with Crippen LogP contribution in [0.25, 0.3) is 0 Å². The Balaban J connectivity index is 2.50. The van der Waals surface area contributed by atoms with Gasteiger partial charge in [0.15, 0.2) is 0 Å². The van der Waals surface area contributed by atoms with Crippen LogP contribution < -0.4 is 0 Å².